The Kier molecular flexibility index (Phi) is 5.50. The molecule has 1 atom stereocenters. The molecule has 0 saturated carbocycles. The zero-order valence-electron chi connectivity index (χ0n) is 16.8. The van der Waals surface area contributed by atoms with E-state index in [1.165, 1.54) is 4.90 Å². The molecule has 1 heterocycles. The Hall–Kier alpha value is -3.14. The number of hydrogen-bond acceptors (Lipinski definition) is 2. The predicted molar refractivity (Wildman–Crippen MR) is 112 cm³/mol. The molecule has 3 rings (SSSR count). The average Bonchev–Trinajstić information content (AvgIpc) is 2.66. The summed E-state index contributed by atoms with van der Waals surface area (Å²) in [4.78, 5) is 18.4. The van der Waals surface area contributed by atoms with Crippen molar-refractivity contribution in [3.8, 4) is 11.1 Å². The lowest BCUT2D eigenvalue weighted by atomic mass is 9.91. The maximum atomic E-state index is 12.3. The summed E-state index contributed by atoms with van der Waals surface area (Å²) >= 11 is 0. The van der Waals surface area contributed by atoms with Crippen molar-refractivity contribution in [2.75, 3.05) is 0 Å². The van der Waals surface area contributed by atoms with Gasteiger partial charge in [0.25, 0.3) is 0 Å². The Morgan fingerprint density at radius 1 is 0.964 bits per heavy atom. The second-order valence-corrected chi connectivity index (χ2v) is 7.90. The van der Waals surface area contributed by atoms with Crippen LogP contribution in [-0.4, -0.2) is 26.6 Å². The van der Waals surface area contributed by atoms with Crippen molar-refractivity contribution in [3.63, 3.8) is 0 Å². The SMILES string of the molecule is Cc1ncc(C(c2ccccc2)N(C(=O)O)C(C)(C)C)cc1-c1ccccc1. The first-order valence-corrected chi connectivity index (χ1v) is 9.38. The molecule has 144 valence electrons. The Morgan fingerprint density at radius 3 is 2.07 bits per heavy atom. The monoisotopic (exact) mass is 374 g/mol. The molecule has 0 radical (unpaired) electrons. The second-order valence-electron chi connectivity index (χ2n) is 7.90. The Morgan fingerprint density at radius 2 is 1.54 bits per heavy atom. The number of nitrogens with zero attached hydrogens (tertiary/aromatic N) is 2. The van der Waals surface area contributed by atoms with Crippen molar-refractivity contribution >= 4 is 6.09 Å². The summed E-state index contributed by atoms with van der Waals surface area (Å²) in [6, 6.07) is 21.4. The topological polar surface area (TPSA) is 53.4 Å². The molecule has 0 saturated heterocycles. The molecule has 0 aliphatic heterocycles. The summed E-state index contributed by atoms with van der Waals surface area (Å²) in [5.74, 6) is 0. The van der Waals surface area contributed by atoms with Crippen LogP contribution in [-0.2, 0) is 0 Å². The molecular formula is C24H26N2O2. The maximum absolute atomic E-state index is 12.3. The number of benzene rings is 2. The summed E-state index contributed by atoms with van der Waals surface area (Å²) in [5, 5.41) is 10.0. The molecular weight excluding hydrogens is 348 g/mol. The normalized spacial score (nSPS) is 12.4. The predicted octanol–water partition coefficient (Wildman–Crippen LogP) is 5.92. The molecule has 2 aromatic carbocycles. The van der Waals surface area contributed by atoms with Crippen LogP contribution in [0.2, 0.25) is 0 Å². The van der Waals surface area contributed by atoms with E-state index in [1.807, 2.05) is 88.4 Å². The molecule has 28 heavy (non-hydrogen) atoms. The zero-order chi connectivity index (χ0) is 20.3. The third kappa shape index (κ3) is 4.06. The van der Waals surface area contributed by atoms with Crippen molar-refractivity contribution in [2.24, 2.45) is 0 Å². The third-order valence-electron chi connectivity index (χ3n) is 4.81. The van der Waals surface area contributed by atoms with Crippen LogP contribution in [0.25, 0.3) is 11.1 Å². The highest BCUT2D eigenvalue weighted by Gasteiger charge is 2.35. The molecule has 0 aliphatic rings. The van der Waals surface area contributed by atoms with Crippen LogP contribution < -0.4 is 0 Å². The molecule has 1 unspecified atom stereocenters. The number of hydrogen-bond donors (Lipinski definition) is 1. The highest BCUT2D eigenvalue weighted by molar-refractivity contribution is 5.70. The lowest BCUT2D eigenvalue weighted by Gasteiger charge is -2.40. The molecule has 1 aromatic heterocycles. The molecule has 0 aliphatic carbocycles. The van der Waals surface area contributed by atoms with Gasteiger partial charge in [0.05, 0.1) is 6.04 Å². The zero-order valence-corrected chi connectivity index (χ0v) is 16.8. The lowest BCUT2D eigenvalue weighted by molar-refractivity contribution is 0.0809. The minimum Gasteiger partial charge on any atom is -0.465 e. The highest BCUT2D eigenvalue weighted by atomic mass is 16.4. The smallest absolute Gasteiger partial charge is 0.408 e. The van der Waals surface area contributed by atoms with Crippen LogP contribution in [0, 0.1) is 6.92 Å². The fourth-order valence-corrected chi connectivity index (χ4v) is 3.52. The first-order valence-electron chi connectivity index (χ1n) is 9.38. The van der Waals surface area contributed by atoms with Crippen molar-refractivity contribution in [1.29, 1.82) is 0 Å². The fourth-order valence-electron chi connectivity index (χ4n) is 3.52. The van der Waals surface area contributed by atoms with E-state index in [1.54, 1.807) is 6.20 Å². The van der Waals surface area contributed by atoms with Gasteiger partial charge in [-0.05, 0) is 50.5 Å². The van der Waals surface area contributed by atoms with Crippen LogP contribution >= 0.6 is 0 Å². The number of aryl methyl sites for hydroxylation is 1. The maximum Gasteiger partial charge on any atom is 0.408 e. The molecule has 1 N–H and O–H groups in total. The fraction of sp³-hybridized carbons (Fsp3) is 0.250. The Balaban J connectivity index is 2.21. The van der Waals surface area contributed by atoms with Crippen molar-refractivity contribution in [1.82, 2.24) is 9.88 Å². The summed E-state index contributed by atoms with van der Waals surface area (Å²) in [6.07, 6.45) is 0.837. The second kappa shape index (κ2) is 7.85. The third-order valence-corrected chi connectivity index (χ3v) is 4.81. The van der Waals surface area contributed by atoms with E-state index in [9.17, 15) is 9.90 Å². The van der Waals surface area contributed by atoms with Crippen molar-refractivity contribution in [3.05, 3.63) is 89.7 Å². The lowest BCUT2D eigenvalue weighted by Crippen LogP contribution is -2.47. The van der Waals surface area contributed by atoms with E-state index in [0.717, 1.165) is 27.9 Å². The van der Waals surface area contributed by atoms with Crippen molar-refractivity contribution in [2.45, 2.75) is 39.3 Å². The van der Waals surface area contributed by atoms with Gasteiger partial charge in [0, 0.05) is 23.0 Å². The summed E-state index contributed by atoms with van der Waals surface area (Å²) in [5.41, 5.74) is 4.19. The van der Waals surface area contributed by atoms with Gasteiger partial charge in [0.1, 0.15) is 0 Å². The summed E-state index contributed by atoms with van der Waals surface area (Å²) in [7, 11) is 0. The van der Waals surface area contributed by atoms with Crippen LogP contribution in [0.5, 0.6) is 0 Å². The quantitative estimate of drug-likeness (QED) is 0.616. The van der Waals surface area contributed by atoms with E-state index in [2.05, 4.69) is 11.1 Å². The first kappa shape index (κ1) is 19.6. The molecule has 0 bridgehead atoms. The molecule has 3 aromatic rings. The molecule has 0 fully saturated rings. The van der Waals surface area contributed by atoms with Gasteiger partial charge in [-0.2, -0.15) is 0 Å². The molecule has 4 nitrogen and oxygen atoms in total. The number of pyridine rings is 1. The highest BCUT2D eigenvalue weighted by Crippen LogP contribution is 2.36. The van der Waals surface area contributed by atoms with Gasteiger partial charge in [-0.1, -0.05) is 60.7 Å². The van der Waals surface area contributed by atoms with Gasteiger partial charge in [-0.15, -0.1) is 0 Å². The average molecular weight is 374 g/mol. The van der Waals surface area contributed by atoms with E-state index < -0.39 is 17.7 Å². The van der Waals surface area contributed by atoms with Gasteiger partial charge in [0.2, 0.25) is 0 Å². The molecule has 1 amide bonds. The largest absolute Gasteiger partial charge is 0.465 e. The standard InChI is InChI=1S/C24H26N2O2/c1-17-21(18-11-7-5-8-12-18)15-20(16-25-17)22(19-13-9-6-10-14-19)26(23(27)28)24(2,3)4/h5-16,22H,1-4H3,(H,27,28). The van der Waals surface area contributed by atoms with Gasteiger partial charge in [-0.3, -0.25) is 9.88 Å². The van der Waals surface area contributed by atoms with E-state index in [0.29, 0.717) is 0 Å². The summed E-state index contributed by atoms with van der Waals surface area (Å²) < 4.78 is 0. The number of carboxylic acid groups (broad SMARTS) is 1. The summed E-state index contributed by atoms with van der Waals surface area (Å²) in [6.45, 7) is 7.71. The minimum atomic E-state index is -0.955. The number of carbonyl (C=O) groups is 1. The minimum absolute atomic E-state index is 0.450. The molecule has 0 spiro atoms. The van der Waals surface area contributed by atoms with Crippen LogP contribution in [0.4, 0.5) is 4.79 Å². The van der Waals surface area contributed by atoms with Gasteiger partial charge >= 0.3 is 6.09 Å². The van der Waals surface area contributed by atoms with E-state index in [4.69, 9.17) is 0 Å². The van der Waals surface area contributed by atoms with Gasteiger partial charge in [-0.25, -0.2) is 4.79 Å². The first-order chi connectivity index (χ1) is 13.3. The van der Waals surface area contributed by atoms with E-state index in [-0.39, 0.29) is 0 Å². The number of rotatable bonds is 4. The Labute approximate surface area is 166 Å². The van der Waals surface area contributed by atoms with Crippen molar-refractivity contribution < 1.29 is 9.90 Å². The van der Waals surface area contributed by atoms with Crippen LogP contribution in [0.1, 0.15) is 43.6 Å². The van der Waals surface area contributed by atoms with Crippen LogP contribution in [0.3, 0.4) is 0 Å². The van der Waals surface area contributed by atoms with Gasteiger partial charge < -0.3 is 5.11 Å². The van der Waals surface area contributed by atoms with Crippen LogP contribution in [0.15, 0.2) is 72.9 Å². The van der Waals surface area contributed by atoms with Gasteiger partial charge in [0.15, 0.2) is 0 Å². The molecule has 4 heteroatoms. The number of amides is 1. The number of aromatic nitrogens is 1. The Bertz CT molecular complexity index is 947. The van der Waals surface area contributed by atoms with E-state index >= 15 is 0 Å².